The van der Waals surface area contributed by atoms with E-state index in [1.807, 2.05) is 0 Å². The van der Waals surface area contributed by atoms with Crippen LogP contribution in [-0.4, -0.2) is 4.83 Å². The van der Waals surface area contributed by atoms with Gasteiger partial charge in [0.25, 0.3) is 0 Å². The summed E-state index contributed by atoms with van der Waals surface area (Å²) in [5, 5.41) is 0. The molecule has 0 amide bonds. The molecule has 1 saturated carbocycles. The third-order valence-electron chi connectivity index (χ3n) is 2.94. The number of rotatable bonds is 5. The third-order valence-corrected chi connectivity index (χ3v) is 3.77. The highest BCUT2D eigenvalue weighted by Gasteiger charge is 2.21. The zero-order valence-electron chi connectivity index (χ0n) is 8.19. The van der Waals surface area contributed by atoms with Crippen molar-refractivity contribution in [3.8, 4) is 0 Å². The maximum atomic E-state index is 3.70. The fourth-order valence-corrected chi connectivity index (χ4v) is 2.93. The highest BCUT2D eigenvalue weighted by atomic mass is 79.9. The summed E-state index contributed by atoms with van der Waals surface area (Å²) in [7, 11) is 0. The lowest BCUT2D eigenvalue weighted by atomic mass is 10.00. The predicted molar refractivity (Wildman–Crippen MR) is 58.8 cm³/mol. The Bertz CT molecular complexity index is 112. The average molecular weight is 233 g/mol. The Morgan fingerprint density at radius 3 is 2.58 bits per heavy atom. The van der Waals surface area contributed by atoms with E-state index < -0.39 is 0 Å². The second-order valence-electron chi connectivity index (χ2n) is 4.13. The van der Waals surface area contributed by atoms with Crippen molar-refractivity contribution in [2.24, 2.45) is 5.92 Å². The normalized spacial score (nSPS) is 29.5. The maximum Gasteiger partial charge on any atom is 0.0148 e. The van der Waals surface area contributed by atoms with Gasteiger partial charge in [0.05, 0.1) is 0 Å². The summed E-state index contributed by atoms with van der Waals surface area (Å²) in [6, 6.07) is 0. The minimum absolute atomic E-state index is 0.841. The molecule has 12 heavy (non-hydrogen) atoms. The SMILES string of the molecule is CCCCCCC1CCC(Br)C1. The summed E-state index contributed by atoms with van der Waals surface area (Å²) in [6.45, 7) is 2.28. The van der Waals surface area contributed by atoms with Crippen molar-refractivity contribution in [1.82, 2.24) is 0 Å². The van der Waals surface area contributed by atoms with E-state index >= 15 is 0 Å². The molecule has 0 bridgehead atoms. The van der Waals surface area contributed by atoms with E-state index in [9.17, 15) is 0 Å². The number of hydrogen-bond acceptors (Lipinski definition) is 0. The molecule has 0 heterocycles. The summed E-state index contributed by atoms with van der Waals surface area (Å²) >= 11 is 3.70. The number of unbranched alkanes of at least 4 members (excludes halogenated alkanes) is 3. The van der Waals surface area contributed by atoms with E-state index in [0.717, 1.165) is 10.7 Å². The van der Waals surface area contributed by atoms with Crippen molar-refractivity contribution in [1.29, 1.82) is 0 Å². The summed E-state index contributed by atoms with van der Waals surface area (Å²) in [5.41, 5.74) is 0. The molecule has 0 aromatic heterocycles. The molecule has 0 N–H and O–H groups in total. The van der Waals surface area contributed by atoms with Crippen molar-refractivity contribution < 1.29 is 0 Å². The molecule has 0 aromatic carbocycles. The smallest absolute Gasteiger partial charge is 0.0148 e. The molecule has 0 aliphatic heterocycles. The summed E-state index contributed by atoms with van der Waals surface area (Å²) in [4.78, 5) is 0.841. The van der Waals surface area contributed by atoms with Crippen LogP contribution in [0.5, 0.6) is 0 Å². The van der Waals surface area contributed by atoms with E-state index in [4.69, 9.17) is 0 Å². The van der Waals surface area contributed by atoms with E-state index in [0.29, 0.717) is 0 Å². The molecule has 0 nitrogen and oxygen atoms in total. The number of hydrogen-bond donors (Lipinski definition) is 0. The van der Waals surface area contributed by atoms with Gasteiger partial charge in [0, 0.05) is 4.83 Å². The van der Waals surface area contributed by atoms with Crippen LogP contribution in [-0.2, 0) is 0 Å². The lowest BCUT2D eigenvalue weighted by molar-refractivity contribution is 0.468. The van der Waals surface area contributed by atoms with Gasteiger partial charge in [-0.1, -0.05) is 55.0 Å². The number of halogens is 1. The van der Waals surface area contributed by atoms with Gasteiger partial charge < -0.3 is 0 Å². The van der Waals surface area contributed by atoms with Gasteiger partial charge in [0.15, 0.2) is 0 Å². The first-order valence-corrected chi connectivity index (χ1v) is 6.38. The molecule has 2 unspecified atom stereocenters. The van der Waals surface area contributed by atoms with Crippen LogP contribution in [0.15, 0.2) is 0 Å². The van der Waals surface area contributed by atoms with Crippen LogP contribution in [0.4, 0.5) is 0 Å². The van der Waals surface area contributed by atoms with E-state index in [1.165, 1.54) is 51.4 Å². The Hall–Kier alpha value is 0.480. The van der Waals surface area contributed by atoms with Gasteiger partial charge in [0.2, 0.25) is 0 Å². The van der Waals surface area contributed by atoms with Crippen LogP contribution in [0, 0.1) is 5.92 Å². The van der Waals surface area contributed by atoms with Crippen LogP contribution in [0.25, 0.3) is 0 Å². The fourth-order valence-electron chi connectivity index (χ4n) is 2.14. The lowest BCUT2D eigenvalue weighted by Crippen LogP contribution is -1.95. The average Bonchev–Trinajstić information content (AvgIpc) is 2.45. The minimum atomic E-state index is 0.841. The molecule has 0 aromatic rings. The highest BCUT2D eigenvalue weighted by molar-refractivity contribution is 9.09. The molecule has 1 rings (SSSR count). The highest BCUT2D eigenvalue weighted by Crippen LogP contribution is 2.33. The molecular weight excluding hydrogens is 212 g/mol. The van der Waals surface area contributed by atoms with Crippen LogP contribution in [0.3, 0.4) is 0 Å². The monoisotopic (exact) mass is 232 g/mol. The molecule has 1 aliphatic carbocycles. The number of alkyl halides is 1. The molecule has 72 valence electrons. The molecule has 2 atom stereocenters. The molecule has 1 aliphatic rings. The van der Waals surface area contributed by atoms with Gasteiger partial charge >= 0.3 is 0 Å². The van der Waals surface area contributed by atoms with Crippen LogP contribution >= 0.6 is 15.9 Å². The zero-order chi connectivity index (χ0) is 8.81. The largest absolute Gasteiger partial charge is 0.0891 e. The van der Waals surface area contributed by atoms with Crippen LogP contribution in [0.2, 0.25) is 0 Å². The van der Waals surface area contributed by atoms with Gasteiger partial charge in [-0.15, -0.1) is 0 Å². The first-order chi connectivity index (χ1) is 5.83. The third kappa shape index (κ3) is 3.93. The molecule has 1 fully saturated rings. The standard InChI is InChI=1S/C11H21Br/c1-2-3-4-5-6-10-7-8-11(12)9-10/h10-11H,2-9H2,1H3. The predicted octanol–water partition coefficient (Wildman–Crippen LogP) is 4.52. The Kier molecular flexibility index (Phi) is 5.29. The van der Waals surface area contributed by atoms with Gasteiger partial charge in [-0.05, 0) is 25.2 Å². The summed E-state index contributed by atoms with van der Waals surface area (Å²) in [5.74, 6) is 1.05. The quantitative estimate of drug-likeness (QED) is 0.483. The van der Waals surface area contributed by atoms with Crippen molar-refractivity contribution in [2.45, 2.75) is 63.1 Å². The molecule has 0 radical (unpaired) electrons. The van der Waals surface area contributed by atoms with E-state index in [2.05, 4.69) is 22.9 Å². The Morgan fingerprint density at radius 1 is 1.17 bits per heavy atom. The Morgan fingerprint density at radius 2 is 2.00 bits per heavy atom. The Balaban J connectivity index is 1.93. The summed E-state index contributed by atoms with van der Waals surface area (Å²) < 4.78 is 0. The van der Waals surface area contributed by atoms with Gasteiger partial charge in [-0.25, -0.2) is 0 Å². The molecule has 0 spiro atoms. The van der Waals surface area contributed by atoms with Crippen molar-refractivity contribution in [3.05, 3.63) is 0 Å². The maximum absolute atomic E-state index is 3.70. The molecule has 1 heteroatoms. The van der Waals surface area contributed by atoms with Crippen molar-refractivity contribution in [3.63, 3.8) is 0 Å². The minimum Gasteiger partial charge on any atom is -0.0891 e. The fraction of sp³-hybridized carbons (Fsp3) is 1.00. The van der Waals surface area contributed by atoms with Gasteiger partial charge in [-0.3, -0.25) is 0 Å². The first-order valence-electron chi connectivity index (χ1n) is 5.47. The first kappa shape index (κ1) is 10.6. The van der Waals surface area contributed by atoms with Crippen molar-refractivity contribution >= 4 is 15.9 Å². The molecule has 0 saturated heterocycles. The van der Waals surface area contributed by atoms with Crippen LogP contribution < -0.4 is 0 Å². The second kappa shape index (κ2) is 6.01. The van der Waals surface area contributed by atoms with Crippen LogP contribution in [0.1, 0.15) is 58.3 Å². The van der Waals surface area contributed by atoms with E-state index in [-0.39, 0.29) is 0 Å². The second-order valence-corrected chi connectivity index (χ2v) is 5.42. The molecular formula is C11H21Br. The zero-order valence-corrected chi connectivity index (χ0v) is 9.78. The summed E-state index contributed by atoms with van der Waals surface area (Å²) in [6.07, 6.45) is 11.5. The van der Waals surface area contributed by atoms with Gasteiger partial charge in [0.1, 0.15) is 0 Å². The topological polar surface area (TPSA) is 0 Å². The Labute approximate surface area is 85.3 Å². The van der Waals surface area contributed by atoms with Crippen molar-refractivity contribution in [2.75, 3.05) is 0 Å². The lowest BCUT2D eigenvalue weighted by Gasteiger charge is -2.07. The van der Waals surface area contributed by atoms with E-state index in [1.54, 1.807) is 0 Å². The van der Waals surface area contributed by atoms with Gasteiger partial charge in [-0.2, -0.15) is 0 Å².